The molecule has 0 atom stereocenters. The predicted molar refractivity (Wildman–Crippen MR) is 116 cm³/mol. The third-order valence-corrected chi connectivity index (χ3v) is 5.64. The molecule has 0 saturated heterocycles. The molecule has 1 aliphatic rings. The van der Waals surface area contributed by atoms with E-state index in [2.05, 4.69) is 25.5 Å². The Morgan fingerprint density at radius 3 is 2.65 bits per heavy atom. The molecule has 0 unspecified atom stereocenters. The number of nitrogens with one attached hydrogen (secondary N) is 1. The highest BCUT2D eigenvalue weighted by Gasteiger charge is 2.31. The highest BCUT2D eigenvalue weighted by molar-refractivity contribution is 5.91. The van der Waals surface area contributed by atoms with Gasteiger partial charge in [-0.15, -0.1) is 5.10 Å². The normalized spacial score (nSPS) is 14.3. The maximum absolute atomic E-state index is 13.2. The van der Waals surface area contributed by atoms with Crippen molar-refractivity contribution < 1.29 is 18.0 Å². The molecule has 176 valence electrons. The lowest BCUT2D eigenvalue weighted by Crippen LogP contribution is -2.26. The number of aromatic nitrogens is 6. The number of hydrogen-bond donors (Lipinski definition) is 1. The van der Waals surface area contributed by atoms with E-state index < -0.39 is 23.1 Å². The highest BCUT2D eigenvalue weighted by atomic mass is 19.4. The average Bonchev–Trinajstić information content (AvgIpc) is 3.53. The zero-order chi connectivity index (χ0) is 24.2. The topological polar surface area (TPSA) is 107 Å². The molecule has 5 rings (SSSR count). The van der Waals surface area contributed by atoms with Gasteiger partial charge in [-0.3, -0.25) is 19.6 Å². The van der Waals surface area contributed by atoms with Crippen molar-refractivity contribution in [2.75, 3.05) is 5.32 Å². The van der Waals surface area contributed by atoms with Crippen LogP contribution in [0.25, 0.3) is 16.7 Å². The number of halogens is 3. The Balaban J connectivity index is 1.46. The fourth-order valence-electron chi connectivity index (χ4n) is 3.86. The molecule has 4 aromatic rings. The first kappa shape index (κ1) is 22.0. The van der Waals surface area contributed by atoms with Crippen LogP contribution >= 0.6 is 0 Å². The Kier molecular flexibility index (Phi) is 5.10. The molecular weight excluding hydrogens is 451 g/mol. The molecule has 34 heavy (non-hydrogen) atoms. The van der Waals surface area contributed by atoms with Crippen molar-refractivity contribution in [3.05, 3.63) is 57.6 Å². The summed E-state index contributed by atoms with van der Waals surface area (Å²) in [6, 6.07) is 4.39. The zero-order valence-corrected chi connectivity index (χ0v) is 18.3. The van der Waals surface area contributed by atoms with Gasteiger partial charge in [0, 0.05) is 23.5 Å². The summed E-state index contributed by atoms with van der Waals surface area (Å²) in [7, 11) is 0. The molecule has 1 fully saturated rings. The maximum Gasteiger partial charge on any atom is 0.416 e. The monoisotopic (exact) mass is 471 g/mol. The summed E-state index contributed by atoms with van der Waals surface area (Å²) < 4.78 is 42.4. The molecule has 1 aromatic carbocycles. The second-order valence-electron chi connectivity index (χ2n) is 8.56. The third kappa shape index (κ3) is 3.99. The number of carbonyl (C=O) groups excluding carboxylic acids is 1. The number of rotatable bonds is 5. The number of hydrogen-bond acceptors (Lipinski definition) is 6. The van der Waals surface area contributed by atoms with Crippen LogP contribution in [-0.2, 0) is 17.4 Å². The van der Waals surface area contributed by atoms with Gasteiger partial charge in [-0.1, -0.05) is 0 Å². The van der Waals surface area contributed by atoms with Crippen LogP contribution in [0.2, 0.25) is 0 Å². The van der Waals surface area contributed by atoms with Gasteiger partial charge in [0.2, 0.25) is 11.3 Å². The van der Waals surface area contributed by atoms with Gasteiger partial charge in [-0.25, -0.2) is 4.98 Å². The molecule has 1 N–H and O–H groups in total. The van der Waals surface area contributed by atoms with E-state index >= 15 is 0 Å². The molecule has 0 spiro atoms. The van der Waals surface area contributed by atoms with E-state index in [0.717, 1.165) is 36.7 Å². The first-order valence-corrected chi connectivity index (χ1v) is 10.8. The van der Waals surface area contributed by atoms with Crippen LogP contribution < -0.4 is 10.7 Å². The summed E-state index contributed by atoms with van der Waals surface area (Å²) in [5.74, 6) is 0.219. The predicted octanol–water partition coefficient (Wildman–Crippen LogP) is 3.49. The van der Waals surface area contributed by atoms with Crippen LogP contribution in [-0.4, -0.2) is 35.3 Å². The van der Waals surface area contributed by atoms with E-state index in [4.69, 9.17) is 0 Å². The lowest BCUT2D eigenvalue weighted by Gasteiger charge is -2.16. The Morgan fingerprint density at radius 1 is 1.21 bits per heavy atom. The molecule has 1 saturated carbocycles. The molecule has 3 heterocycles. The van der Waals surface area contributed by atoms with Crippen molar-refractivity contribution in [1.82, 2.24) is 29.4 Å². The molecular formula is C22H20F3N7O2. The Bertz CT molecular complexity index is 1490. The van der Waals surface area contributed by atoms with Gasteiger partial charge in [0.25, 0.3) is 11.7 Å². The van der Waals surface area contributed by atoms with E-state index in [9.17, 15) is 22.8 Å². The lowest BCUT2D eigenvalue weighted by atomic mass is 10.1. The zero-order valence-electron chi connectivity index (χ0n) is 18.3. The van der Waals surface area contributed by atoms with Crippen molar-refractivity contribution >= 4 is 28.5 Å². The molecule has 3 aromatic heterocycles. The highest BCUT2D eigenvalue weighted by Crippen LogP contribution is 2.39. The minimum absolute atomic E-state index is 0.0467. The number of anilines is 1. The lowest BCUT2D eigenvalue weighted by molar-refractivity contribution is -0.137. The summed E-state index contributed by atoms with van der Waals surface area (Å²) in [5, 5.41) is 11.1. The minimum Gasteiger partial charge on any atom is -0.293 e. The summed E-state index contributed by atoms with van der Waals surface area (Å²) in [5.41, 5.74) is -0.541. The van der Waals surface area contributed by atoms with Crippen molar-refractivity contribution in [3.8, 4) is 0 Å². The smallest absolute Gasteiger partial charge is 0.293 e. The number of alkyl halides is 3. The van der Waals surface area contributed by atoms with E-state index in [1.54, 1.807) is 24.6 Å². The summed E-state index contributed by atoms with van der Waals surface area (Å²) in [4.78, 5) is 34.0. The maximum atomic E-state index is 13.2. The third-order valence-electron chi connectivity index (χ3n) is 5.64. The quantitative estimate of drug-likeness (QED) is 0.478. The number of nitrogens with zero attached hydrogens (tertiary/aromatic N) is 6. The number of carbonyl (C=O) groups is 1. The van der Waals surface area contributed by atoms with Crippen LogP contribution in [0.3, 0.4) is 0 Å². The molecule has 1 aliphatic carbocycles. The molecule has 12 heteroatoms. The minimum atomic E-state index is -4.56. The van der Waals surface area contributed by atoms with Gasteiger partial charge < -0.3 is 0 Å². The Hall–Kier alpha value is -3.83. The Morgan fingerprint density at radius 2 is 1.97 bits per heavy atom. The second-order valence-corrected chi connectivity index (χ2v) is 8.56. The molecule has 0 aliphatic heterocycles. The van der Waals surface area contributed by atoms with E-state index in [1.165, 1.54) is 4.68 Å². The Labute approximate surface area is 190 Å². The molecule has 1 amide bonds. The number of fused-ring (bicyclic) bond motifs is 2. The standard InChI is InChI=1S/C22H20F3N7O2/c1-11(2)31-17-9-13(22(23,24)25)5-6-14(17)19(34)15(29-31)10-18(33)27-20-28-21-26-8-7-16(12-3-4-12)32(21)30-20/h5-9,11-12H,3-4,10H2,1-2H3,(H,27,30,33). The van der Waals surface area contributed by atoms with E-state index in [1.807, 2.05) is 6.07 Å². The van der Waals surface area contributed by atoms with Crippen LogP contribution in [0, 0.1) is 0 Å². The number of benzene rings is 1. The van der Waals surface area contributed by atoms with Gasteiger partial charge in [0.15, 0.2) is 0 Å². The largest absolute Gasteiger partial charge is 0.416 e. The second kappa shape index (κ2) is 7.89. The van der Waals surface area contributed by atoms with Crippen LogP contribution in [0.15, 0.2) is 35.3 Å². The van der Waals surface area contributed by atoms with Crippen molar-refractivity contribution in [3.63, 3.8) is 0 Å². The van der Waals surface area contributed by atoms with Crippen molar-refractivity contribution in [1.29, 1.82) is 0 Å². The van der Waals surface area contributed by atoms with Gasteiger partial charge >= 0.3 is 6.18 Å². The van der Waals surface area contributed by atoms with Crippen LogP contribution in [0.1, 0.15) is 55.6 Å². The molecule has 0 bridgehead atoms. The number of amides is 1. The van der Waals surface area contributed by atoms with Gasteiger partial charge in [0.1, 0.15) is 5.69 Å². The fourth-order valence-corrected chi connectivity index (χ4v) is 3.86. The first-order chi connectivity index (χ1) is 16.1. The molecule has 9 nitrogen and oxygen atoms in total. The van der Waals surface area contributed by atoms with Crippen molar-refractivity contribution in [2.24, 2.45) is 0 Å². The average molecular weight is 471 g/mol. The van der Waals surface area contributed by atoms with Crippen LogP contribution in [0.5, 0.6) is 0 Å². The SMILES string of the molecule is CC(C)n1nc(CC(=O)Nc2nc3nccc(C4CC4)n3n2)c(=O)c2ccc(C(F)(F)F)cc21. The van der Waals surface area contributed by atoms with E-state index in [0.29, 0.717) is 11.7 Å². The van der Waals surface area contributed by atoms with E-state index in [-0.39, 0.29) is 35.0 Å². The van der Waals surface area contributed by atoms with Gasteiger partial charge in [-0.2, -0.15) is 27.8 Å². The first-order valence-electron chi connectivity index (χ1n) is 10.8. The van der Waals surface area contributed by atoms with Gasteiger partial charge in [-0.05, 0) is 51.0 Å². The summed E-state index contributed by atoms with van der Waals surface area (Å²) in [6.45, 7) is 3.46. The van der Waals surface area contributed by atoms with Crippen LogP contribution in [0.4, 0.5) is 19.1 Å². The van der Waals surface area contributed by atoms with Gasteiger partial charge in [0.05, 0.1) is 23.2 Å². The van der Waals surface area contributed by atoms with Crippen molar-refractivity contribution in [2.45, 2.75) is 51.2 Å². The summed E-state index contributed by atoms with van der Waals surface area (Å²) >= 11 is 0. The fraction of sp³-hybridized carbons (Fsp3) is 0.364. The summed E-state index contributed by atoms with van der Waals surface area (Å²) in [6.07, 6.45) is -1.19. The molecule has 0 radical (unpaired) electrons.